The van der Waals surface area contributed by atoms with Gasteiger partial charge >= 0.3 is 5.97 Å². The first-order valence-electron chi connectivity index (χ1n) is 5.84. The molecular formula is C15H14N2O2. The smallest absolute Gasteiger partial charge is 0.333 e. The molecule has 0 heterocycles. The van der Waals surface area contributed by atoms with Crippen LogP contribution in [0.1, 0.15) is 17.2 Å². The number of nitrogen functional groups attached to an aromatic ring is 1. The van der Waals surface area contributed by atoms with E-state index in [9.17, 15) is 9.90 Å². The van der Waals surface area contributed by atoms with E-state index in [1.807, 2.05) is 30.3 Å². The molecule has 1 atom stereocenters. The lowest BCUT2D eigenvalue weighted by Crippen LogP contribution is -2.11. The molecule has 0 saturated heterocycles. The Morgan fingerprint density at radius 1 is 1.11 bits per heavy atom. The zero-order valence-electron chi connectivity index (χ0n) is 10.2. The van der Waals surface area contributed by atoms with E-state index in [0.29, 0.717) is 11.3 Å². The molecule has 0 radical (unpaired) electrons. The summed E-state index contributed by atoms with van der Waals surface area (Å²) in [6.07, 6.45) is 1.55. The zero-order chi connectivity index (χ0) is 13.7. The molecule has 0 aliphatic heterocycles. The Hall–Kier alpha value is -2.62. The standard InChI is InChI=1S/C15H14N2O2/c16-13-9-5-4-8-12(13)14(15(18)19)17-10-11-6-2-1-3-7-11/h1-10,14H,16H2,(H,18,19). The zero-order valence-corrected chi connectivity index (χ0v) is 10.2. The van der Waals surface area contributed by atoms with E-state index in [1.165, 1.54) is 0 Å². The maximum Gasteiger partial charge on any atom is 0.333 e. The molecule has 4 nitrogen and oxygen atoms in total. The quantitative estimate of drug-likeness (QED) is 0.650. The molecule has 4 heteroatoms. The fourth-order valence-corrected chi connectivity index (χ4v) is 1.74. The van der Waals surface area contributed by atoms with Gasteiger partial charge in [-0.1, -0.05) is 48.5 Å². The van der Waals surface area contributed by atoms with Gasteiger partial charge in [-0.15, -0.1) is 0 Å². The van der Waals surface area contributed by atoms with E-state index >= 15 is 0 Å². The van der Waals surface area contributed by atoms with E-state index in [-0.39, 0.29) is 0 Å². The van der Waals surface area contributed by atoms with Crippen molar-refractivity contribution in [1.82, 2.24) is 0 Å². The molecule has 1 unspecified atom stereocenters. The summed E-state index contributed by atoms with van der Waals surface area (Å²) in [4.78, 5) is 15.4. The maximum absolute atomic E-state index is 11.3. The maximum atomic E-state index is 11.3. The number of para-hydroxylation sites is 1. The molecule has 2 rings (SSSR count). The first-order valence-corrected chi connectivity index (χ1v) is 5.84. The molecule has 2 aromatic rings. The van der Waals surface area contributed by atoms with Crippen LogP contribution in [0.25, 0.3) is 0 Å². The summed E-state index contributed by atoms with van der Waals surface area (Å²) in [5.41, 5.74) is 7.57. The molecule has 0 spiro atoms. The highest BCUT2D eigenvalue weighted by molar-refractivity contribution is 5.85. The molecular weight excluding hydrogens is 240 g/mol. The molecule has 3 N–H and O–H groups in total. The van der Waals surface area contributed by atoms with Crippen LogP contribution in [0.3, 0.4) is 0 Å². The monoisotopic (exact) mass is 254 g/mol. The number of anilines is 1. The van der Waals surface area contributed by atoms with Crippen molar-refractivity contribution in [3.05, 3.63) is 65.7 Å². The van der Waals surface area contributed by atoms with Gasteiger partial charge in [0.25, 0.3) is 0 Å². The fourth-order valence-electron chi connectivity index (χ4n) is 1.74. The Morgan fingerprint density at radius 2 is 1.74 bits per heavy atom. The van der Waals surface area contributed by atoms with Gasteiger partial charge in [0.15, 0.2) is 6.04 Å². The third-order valence-corrected chi connectivity index (χ3v) is 2.70. The lowest BCUT2D eigenvalue weighted by atomic mass is 10.1. The first kappa shape index (κ1) is 12.8. The van der Waals surface area contributed by atoms with Crippen molar-refractivity contribution >= 4 is 17.9 Å². The topological polar surface area (TPSA) is 75.7 Å². The first-order chi connectivity index (χ1) is 9.18. The number of rotatable bonds is 4. The largest absolute Gasteiger partial charge is 0.479 e. The second-order valence-electron chi connectivity index (χ2n) is 4.06. The number of benzene rings is 2. The van der Waals surface area contributed by atoms with E-state index in [0.717, 1.165) is 5.56 Å². The van der Waals surface area contributed by atoms with Crippen molar-refractivity contribution in [1.29, 1.82) is 0 Å². The van der Waals surface area contributed by atoms with Crippen molar-refractivity contribution < 1.29 is 9.90 Å². The van der Waals surface area contributed by atoms with Crippen LogP contribution in [-0.4, -0.2) is 17.3 Å². The number of nitrogens with two attached hydrogens (primary N) is 1. The van der Waals surface area contributed by atoms with Gasteiger partial charge in [-0.05, 0) is 11.6 Å². The Labute approximate surface area is 111 Å². The number of hydrogen-bond acceptors (Lipinski definition) is 3. The van der Waals surface area contributed by atoms with E-state index in [1.54, 1.807) is 30.5 Å². The SMILES string of the molecule is Nc1ccccc1C(N=Cc1ccccc1)C(=O)O. The summed E-state index contributed by atoms with van der Waals surface area (Å²) in [7, 11) is 0. The summed E-state index contributed by atoms with van der Waals surface area (Å²) in [5, 5.41) is 9.26. The predicted molar refractivity (Wildman–Crippen MR) is 75.3 cm³/mol. The highest BCUT2D eigenvalue weighted by atomic mass is 16.4. The van der Waals surface area contributed by atoms with Crippen molar-refractivity contribution in [2.24, 2.45) is 4.99 Å². The molecule has 0 bridgehead atoms. The summed E-state index contributed by atoms with van der Waals surface area (Å²) >= 11 is 0. The van der Waals surface area contributed by atoms with Crippen LogP contribution in [0.2, 0.25) is 0 Å². The Kier molecular flexibility index (Phi) is 3.93. The third-order valence-electron chi connectivity index (χ3n) is 2.70. The lowest BCUT2D eigenvalue weighted by Gasteiger charge is -2.10. The van der Waals surface area contributed by atoms with Gasteiger partial charge in [0.05, 0.1) is 0 Å². The molecule has 0 aliphatic rings. The molecule has 96 valence electrons. The molecule has 0 aliphatic carbocycles. The van der Waals surface area contributed by atoms with E-state index in [4.69, 9.17) is 5.73 Å². The number of carboxylic acid groups (broad SMARTS) is 1. The number of nitrogens with zero attached hydrogens (tertiary/aromatic N) is 1. The minimum Gasteiger partial charge on any atom is -0.479 e. The third kappa shape index (κ3) is 3.19. The Balaban J connectivity index is 2.30. The second-order valence-corrected chi connectivity index (χ2v) is 4.06. The molecule has 0 fully saturated rings. The van der Waals surface area contributed by atoms with Crippen LogP contribution < -0.4 is 5.73 Å². The van der Waals surface area contributed by atoms with E-state index < -0.39 is 12.0 Å². The normalized spacial score (nSPS) is 12.4. The number of carboxylic acids is 1. The van der Waals surface area contributed by atoms with Crippen LogP contribution in [0.4, 0.5) is 5.69 Å². The van der Waals surface area contributed by atoms with Gasteiger partial charge in [-0.25, -0.2) is 4.79 Å². The Morgan fingerprint density at radius 3 is 2.37 bits per heavy atom. The van der Waals surface area contributed by atoms with Crippen molar-refractivity contribution in [2.75, 3.05) is 5.73 Å². The van der Waals surface area contributed by atoms with Gasteiger partial charge < -0.3 is 10.8 Å². The highest BCUT2D eigenvalue weighted by Crippen LogP contribution is 2.23. The number of carbonyl (C=O) groups is 1. The van der Waals surface area contributed by atoms with Crippen LogP contribution in [0, 0.1) is 0 Å². The fraction of sp³-hybridized carbons (Fsp3) is 0.0667. The van der Waals surface area contributed by atoms with Gasteiger partial charge in [0.1, 0.15) is 0 Å². The minimum atomic E-state index is -1.02. The predicted octanol–water partition coefficient (Wildman–Crippen LogP) is 2.51. The van der Waals surface area contributed by atoms with Crippen molar-refractivity contribution in [2.45, 2.75) is 6.04 Å². The summed E-state index contributed by atoms with van der Waals surface area (Å²) in [6.45, 7) is 0. The molecule has 2 aromatic carbocycles. The highest BCUT2D eigenvalue weighted by Gasteiger charge is 2.19. The van der Waals surface area contributed by atoms with Crippen LogP contribution in [0.5, 0.6) is 0 Å². The molecule has 0 aromatic heterocycles. The summed E-state index contributed by atoms with van der Waals surface area (Å²) in [5.74, 6) is -1.02. The Bertz CT molecular complexity index is 594. The van der Waals surface area contributed by atoms with Gasteiger partial charge in [0, 0.05) is 17.5 Å². The lowest BCUT2D eigenvalue weighted by molar-refractivity contribution is -0.138. The summed E-state index contributed by atoms with van der Waals surface area (Å²) < 4.78 is 0. The number of hydrogen-bond donors (Lipinski definition) is 2. The van der Waals surface area contributed by atoms with Crippen molar-refractivity contribution in [3.8, 4) is 0 Å². The van der Waals surface area contributed by atoms with Crippen molar-refractivity contribution in [3.63, 3.8) is 0 Å². The van der Waals surface area contributed by atoms with Gasteiger partial charge in [-0.3, -0.25) is 4.99 Å². The average molecular weight is 254 g/mol. The van der Waals surface area contributed by atoms with Crippen LogP contribution >= 0.6 is 0 Å². The molecule has 0 amide bonds. The minimum absolute atomic E-state index is 0.431. The number of aliphatic carboxylic acids is 1. The van der Waals surface area contributed by atoms with E-state index in [2.05, 4.69) is 4.99 Å². The summed E-state index contributed by atoms with van der Waals surface area (Å²) in [6, 6.07) is 15.2. The number of aliphatic imine (C=N–C) groups is 1. The second kappa shape index (κ2) is 5.82. The van der Waals surface area contributed by atoms with Gasteiger partial charge in [-0.2, -0.15) is 0 Å². The molecule has 19 heavy (non-hydrogen) atoms. The van der Waals surface area contributed by atoms with Crippen LogP contribution in [-0.2, 0) is 4.79 Å². The van der Waals surface area contributed by atoms with Crippen LogP contribution in [0.15, 0.2) is 59.6 Å². The van der Waals surface area contributed by atoms with Gasteiger partial charge in [0.2, 0.25) is 0 Å². The molecule has 0 saturated carbocycles. The average Bonchev–Trinajstić information content (AvgIpc) is 2.42.